The van der Waals surface area contributed by atoms with Crippen molar-refractivity contribution in [3.05, 3.63) is 11.5 Å². The molecule has 0 bridgehead atoms. The Bertz CT molecular complexity index is 392. The molecule has 6 heteroatoms. The summed E-state index contributed by atoms with van der Waals surface area (Å²) in [5.74, 6) is 0.607. The van der Waals surface area contributed by atoms with E-state index in [9.17, 15) is 0 Å². The predicted octanol–water partition coefficient (Wildman–Crippen LogP) is 4.80. The van der Waals surface area contributed by atoms with E-state index in [4.69, 9.17) is 25.3 Å². The van der Waals surface area contributed by atoms with Gasteiger partial charge in [0.2, 0.25) is 0 Å². The number of hydrogen-bond acceptors (Lipinski definition) is 3. The molecule has 0 unspecified atom stereocenters. The minimum Gasteiger partial charge on any atom is -0.415 e. The van der Waals surface area contributed by atoms with E-state index in [1.807, 2.05) is 0 Å². The van der Waals surface area contributed by atoms with Crippen LogP contribution in [-0.2, 0) is 13.7 Å². The lowest BCUT2D eigenvalue weighted by Gasteiger charge is -2.32. The summed E-state index contributed by atoms with van der Waals surface area (Å²) in [4.78, 5) is 0. The van der Waals surface area contributed by atoms with Gasteiger partial charge in [0.25, 0.3) is 0 Å². The first kappa shape index (κ1) is 20.2. The van der Waals surface area contributed by atoms with Crippen LogP contribution >= 0.6 is 11.6 Å². The molecular formula is C16H32BClO3Si. The minimum atomic E-state index is -1.81. The lowest BCUT2D eigenvalue weighted by Crippen LogP contribution is -2.41. The summed E-state index contributed by atoms with van der Waals surface area (Å²) in [5, 5.41) is 0. The Morgan fingerprint density at radius 2 is 1.68 bits per heavy atom. The molecule has 0 N–H and O–H groups in total. The maximum Gasteiger partial charge on any atom is 0.490 e. The van der Waals surface area contributed by atoms with Crippen LogP contribution in [0.1, 0.15) is 48.0 Å². The van der Waals surface area contributed by atoms with E-state index in [1.54, 1.807) is 0 Å². The normalized spacial score (nSPS) is 21.7. The molecule has 3 nitrogen and oxygen atoms in total. The van der Waals surface area contributed by atoms with Crippen molar-refractivity contribution >= 4 is 27.0 Å². The van der Waals surface area contributed by atoms with Crippen LogP contribution in [0.25, 0.3) is 0 Å². The molecule has 0 atom stereocenters. The highest BCUT2D eigenvalue weighted by atomic mass is 35.5. The Balaban J connectivity index is 2.92. The Morgan fingerprint density at radius 3 is 2.09 bits per heavy atom. The Morgan fingerprint density at radius 1 is 1.18 bits per heavy atom. The van der Waals surface area contributed by atoms with Crippen LogP contribution in [0.4, 0.5) is 0 Å². The molecule has 1 rings (SSSR count). The number of hydrogen-bond donors (Lipinski definition) is 0. The maximum atomic E-state index is 6.21. The van der Waals surface area contributed by atoms with Gasteiger partial charge in [0.15, 0.2) is 8.32 Å². The van der Waals surface area contributed by atoms with Crippen LogP contribution in [0.2, 0.25) is 19.1 Å². The zero-order chi connectivity index (χ0) is 17.2. The molecule has 1 aliphatic heterocycles. The molecule has 1 fully saturated rings. The molecule has 1 aliphatic rings. The van der Waals surface area contributed by atoms with E-state index in [0.29, 0.717) is 5.88 Å². The van der Waals surface area contributed by atoms with E-state index in [-0.39, 0.29) is 24.4 Å². The largest absolute Gasteiger partial charge is 0.490 e. The Kier molecular flexibility index (Phi) is 6.80. The van der Waals surface area contributed by atoms with E-state index < -0.39 is 8.32 Å². The third-order valence-electron chi connectivity index (χ3n) is 4.26. The lowest BCUT2D eigenvalue weighted by atomic mass is 9.78. The van der Waals surface area contributed by atoms with Gasteiger partial charge in [-0.1, -0.05) is 6.08 Å². The third-order valence-corrected chi connectivity index (χ3v) is 6.84. The van der Waals surface area contributed by atoms with Gasteiger partial charge in [0, 0.05) is 12.0 Å². The van der Waals surface area contributed by atoms with Gasteiger partial charge in [-0.3, -0.25) is 0 Å². The topological polar surface area (TPSA) is 27.7 Å². The van der Waals surface area contributed by atoms with Gasteiger partial charge < -0.3 is 13.7 Å². The molecule has 0 spiro atoms. The van der Waals surface area contributed by atoms with Gasteiger partial charge >= 0.3 is 7.12 Å². The number of allylic oxidation sites excluding steroid dienone is 2. The highest BCUT2D eigenvalue weighted by molar-refractivity contribution is 6.74. The smallest absolute Gasteiger partial charge is 0.415 e. The molecule has 0 aromatic heterocycles. The first-order valence-electron chi connectivity index (χ1n) is 8.18. The maximum absolute atomic E-state index is 6.21. The molecular weight excluding hydrogens is 315 g/mol. The second-order valence-electron chi connectivity index (χ2n) is 7.95. The number of rotatable bonds is 7. The standard InChI is InChI=1S/C16H32BClO3Si/c1-13(2)19-22(7,8)12-14(10-9-11-18)17-20-15(3,4)16(5,6)21-17/h10,13H,9,11-12H2,1-8H3/b14-10-. The van der Waals surface area contributed by atoms with Gasteiger partial charge in [-0.2, -0.15) is 0 Å². The summed E-state index contributed by atoms with van der Waals surface area (Å²) >= 11 is 5.87. The van der Waals surface area contributed by atoms with Gasteiger partial charge in [-0.25, -0.2) is 0 Å². The van der Waals surface area contributed by atoms with Crippen LogP contribution in [0.15, 0.2) is 11.5 Å². The molecule has 0 amide bonds. The highest BCUT2D eigenvalue weighted by Gasteiger charge is 2.52. The van der Waals surface area contributed by atoms with Crippen molar-refractivity contribution in [1.29, 1.82) is 0 Å². The SMILES string of the molecule is CC(C)O[Si](C)(C)C/C(=C/CCCl)B1OC(C)(C)C(C)(C)O1. The van der Waals surface area contributed by atoms with Crippen molar-refractivity contribution in [1.82, 2.24) is 0 Å². The summed E-state index contributed by atoms with van der Waals surface area (Å²) in [6.45, 7) is 17.0. The van der Waals surface area contributed by atoms with E-state index in [0.717, 1.165) is 12.5 Å². The van der Waals surface area contributed by atoms with E-state index >= 15 is 0 Å². The number of halogens is 1. The fourth-order valence-corrected chi connectivity index (χ4v) is 5.42. The summed E-state index contributed by atoms with van der Waals surface area (Å²) in [5.41, 5.74) is 0.543. The first-order chi connectivity index (χ1) is 9.90. The monoisotopic (exact) mass is 346 g/mol. The zero-order valence-electron chi connectivity index (χ0n) is 15.5. The molecule has 0 aromatic carbocycles. The Labute approximate surface area is 143 Å². The minimum absolute atomic E-state index is 0.245. The second-order valence-corrected chi connectivity index (χ2v) is 12.4. The molecule has 22 heavy (non-hydrogen) atoms. The summed E-state index contributed by atoms with van der Waals surface area (Å²) in [7, 11) is -2.11. The average molecular weight is 347 g/mol. The fraction of sp³-hybridized carbons (Fsp3) is 0.875. The second kappa shape index (κ2) is 7.39. The van der Waals surface area contributed by atoms with Crippen molar-refractivity contribution in [3.8, 4) is 0 Å². The van der Waals surface area contributed by atoms with E-state index in [1.165, 1.54) is 5.47 Å². The van der Waals surface area contributed by atoms with Gasteiger partial charge in [-0.05, 0) is 72.6 Å². The van der Waals surface area contributed by atoms with Gasteiger partial charge in [0.05, 0.1) is 11.2 Å². The van der Waals surface area contributed by atoms with Crippen molar-refractivity contribution in [2.45, 2.75) is 84.4 Å². The molecule has 1 heterocycles. The van der Waals surface area contributed by atoms with Gasteiger partial charge in [0.1, 0.15) is 0 Å². The van der Waals surface area contributed by atoms with Crippen LogP contribution in [0.3, 0.4) is 0 Å². The summed E-state index contributed by atoms with van der Waals surface area (Å²) in [6, 6.07) is 0.902. The summed E-state index contributed by atoms with van der Waals surface area (Å²) < 4.78 is 18.6. The van der Waals surface area contributed by atoms with Crippen LogP contribution in [0.5, 0.6) is 0 Å². The fourth-order valence-electron chi connectivity index (χ4n) is 2.66. The summed E-state index contributed by atoms with van der Waals surface area (Å²) in [6.07, 6.45) is 3.25. The van der Waals surface area contributed by atoms with Crippen molar-refractivity contribution in [2.24, 2.45) is 0 Å². The quantitative estimate of drug-likeness (QED) is 0.489. The van der Waals surface area contributed by atoms with Crippen LogP contribution in [0, 0.1) is 0 Å². The molecule has 0 radical (unpaired) electrons. The molecule has 0 aromatic rings. The molecule has 1 saturated heterocycles. The van der Waals surface area contributed by atoms with Crippen LogP contribution < -0.4 is 0 Å². The van der Waals surface area contributed by atoms with Gasteiger partial charge in [-0.15, -0.1) is 11.6 Å². The highest BCUT2D eigenvalue weighted by Crippen LogP contribution is 2.40. The molecule has 0 saturated carbocycles. The third kappa shape index (κ3) is 5.38. The first-order valence-corrected chi connectivity index (χ1v) is 11.8. The van der Waals surface area contributed by atoms with E-state index in [2.05, 4.69) is 60.7 Å². The van der Waals surface area contributed by atoms with Crippen LogP contribution in [-0.4, -0.2) is 38.6 Å². The predicted molar refractivity (Wildman–Crippen MR) is 98.0 cm³/mol. The molecule has 128 valence electrons. The zero-order valence-corrected chi connectivity index (χ0v) is 17.2. The molecule has 0 aliphatic carbocycles. The number of alkyl halides is 1. The lowest BCUT2D eigenvalue weighted by molar-refractivity contribution is 0.00578. The van der Waals surface area contributed by atoms with Crippen molar-refractivity contribution < 1.29 is 13.7 Å². The Hall–Kier alpha value is 0.192. The van der Waals surface area contributed by atoms with Crippen molar-refractivity contribution in [2.75, 3.05) is 5.88 Å². The average Bonchev–Trinajstić information content (AvgIpc) is 2.52. The van der Waals surface area contributed by atoms with Crippen molar-refractivity contribution in [3.63, 3.8) is 0 Å².